The predicted molar refractivity (Wildman–Crippen MR) is 92.5 cm³/mol. The maximum absolute atomic E-state index is 12.3. The molecule has 2 N–H and O–H groups in total. The zero-order valence-corrected chi connectivity index (χ0v) is 14.6. The van der Waals surface area contributed by atoms with Gasteiger partial charge in [0.15, 0.2) is 11.9 Å². The van der Waals surface area contributed by atoms with E-state index in [4.69, 9.17) is 4.74 Å². The highest BCUT2D eigenvalue weighted by atomic mass is 16.5. The van der Waals surface area contributed by atoms with E-state index in [-0.39, 0.29) is 18.3 Å². The van der Waals surface area contributed by atoms with Gasteiger partial charge in [-0.15, -0.1) is 0 Å². The van der Waals surface area contributed by atoms with Gasteiger partial charge < -0.3 is 15.2 Å². The summed E-state index contributed by atoms with van der Waals surface area (Å²) in [6, 6.07) is 6.26. The molecule has 7 nitrogen and oxygen atoms in total. The Morgan fingerprint density at radius 1 is 1.40 bits per heavy atom. The van der Waals surface area contributed by atoms with Crippen molar-refractivity contribution in [3.63, 3.8) is 0 Å². The van der Waals surface area contributed by atoms with Crippen LogP contribution in [-0.4, -0.2) is 45.3 Å². The lowest BCUT2D eigenvalue weighted by molar-refractivity contribution is -0.128. The third-order valence-corrected chi connectivity index (χ3v) is 3.73. The first-order chi connectivity index (χ1) is 11.9. The first-order valence-electron chi connectivity index (χ1n) is 8.05. The molecule has 2 aromatic rings. The predicted octanol–water partition coefficient (Wildman–Crippen LogP) is 1.11. The normalized spacial score (nSPS) is 13.1. The SMILES string of the molecule is CC(=O)c1cccc(OC(C)C(=O)NC(CO)Cc2cnn(C)c2)c1. The number of aryl methyl sites for hydroxylation is 1. The fourth-order valence-corrected chi connectivity index (χ4v) is 2.39. The minimum Gasteiger partial charge on any atom is -0.481 e. The fraction of sp³-hybridized carbons (Fsp3) is 0.389. The average Bonchev–Trinajstić information content (AvgIpc) is 2.99. The molecule has 134 valence electrons. The zero-order chi connectivity index (χ0) is 18.4. The van der Waals surface area contributed by atoms with Crippen LogP contribution in [0.4, 0.5) is 0 Å². The number of carbonyl (C=O) groups is 2. The van der Waals surface area contributed by atoms with Crippen molar-refractivity contribution in [2.45, 2.75) is 32.4 Å². The van der Waals surface area contributed by atoms with Crippen molar-refractivity contribution in [3.8, 4) is 5.75 Å². The Morgan fingerprint density at radius 3 is 2.76 bits per heavy atom. The van der Waals surface area contributed by atoms with Gasteiger partial charge in [0.25, 0.3) is 5.91 Å². The number of Topliss-reactive ketones (excluding diaryl/α,β-unsaturated/α-hetero) is 1. The summed E-state index contributed by atoms with van der Waals surface area (Å²) in [6.45, 7) is 2.90. The number of aromatic nitrogens is 2. The smallest absolute Gasteiger partial charge is 0.261 e. The maximum atomic E-state index is 12.3. The largest absolute Gasteiger partial charge is 0.481 e. The third-order valence-electron chi connectivity index (χ3n) is 3.73. The lowest BCUT2D eigenvalue weighted by Crippen LogP contribution is -2.45. The number of amides is 1. The van der Waals surface area contributed by atoms with Crippen molar-refractivity contribution in [1.29, 1.82) is 0 Å². The van der Waals surface area contributed by atoms with Crippen molar-refractivity contribution >= 4 is 11.7 Å². The minimum atomic E-state index is -0.759. The molecular weight excluding hydrogens is 322 g/mol. The second-order valence-corrected chi connectivity index (χ2v) is 5.96. The van der Waals surface area contributed by atoms with Gasteiger partial charge in [-0.25, -0.2) is 0 Å². The monoisotopic (exact) mass is 345 g/mol. The molecule has 1 heterocycles. The summed E-state index contributed by atoms with van der Waals surface area (Å²) in [4.78, 5) is 23.7. The summed E-state index contributed by atoms with van der Waals surface area (Å²) in [5.41, 5.74) is 1.44. The summed E-state index contributed by atoms with van der Waals surface area (Å²) in [6.07, 6.45) is 3.25. The highest BCUT2D eigenvalue weighted by Crippen LogP contribution is 2.15. The topological polar surface area (TPSA) is 93.5 Å². The number of aliphatic hydroxyl groups is 1. The van der Waals surface area contributed by atoms with Crippen molar-refractivity contribution in [1.82, 2.24) is 15.1 Å². The van der Waals surface area contributed by atoms with E-state index in [1.54, 1.807) is 49.1 Å². The maximum Gasteiger partial charge on any atom is 0.261 e. The third kappa shape index (κ3) is 5.42. The van der Waals surface area contributed by atoms with Gasteiger partial charge in [-0.1, -0.05) is 12.1 Å². The summed E-state index contributed by atoms with van der Waals surface area (Å²) in [5.74, 6) is 0.0405. The summed E-state index contributed by atoms with van der Waals surface area (Å²) >= 11 is 0. The van der Waals surface area contributed by atoms with Crippen LogP contribution in [0.1, 0.15) is 29.8 Å². The van der Waals surface area contributed by atoms with E-state index in [2.05, 4.69) is 10.4 Å². The second kappa shape index (κ2) is 8.43. The molecule has 1 aromatic heterocycles. The van der Waals surface area contributed by atoms with Gasteiger partial charge >= 0.3 is 0 Å². The molecule has 0 saturated heterocycles. The van der Waals surface area contributed by atoms with Gasteiger partial charge in [-0.05, 0) is 38.0 Å². The number of rotatable bonds is 8. The average molecular weight is 345 g/mol. The molecule has 0 aliphatic heterocycles. The molecule has 0 aliphatic rings. The summed E-state index contributed by atoms with van der Waals surface area (Å²) < 4.78 is 7.27. The number of ketones is 1. The Hall–Kier alpha value is -2.67. The van der Waals surface area contributed by atoms with Gasteiger partial charge in [0.1, 0.15) is 5.75 Å². The minimum absolute atomic E-state index is 0.0700. The van der Waals surface area contributed by atoms with Gasteiger partial charge in [-0.2, -0.15) is 5.10 Å². The summed E-state index contributed by atoms with van der Waals surface area (Å²) in [5, 5.41) is 16.3. The van der Waals surface area contributed by atoms with Gasteiger partial charge in [0.05, 0.1) is 18.8 Å². The van der Waals surface area contributed by atoms with Crippen LogP contribution >= 0.6 is 0 Å². The van der Waals surface area contributed by atoms with E-state index in [0.717, 1.165) is 5.56 Å². The molecule has 0 saturated carbocycles. The fourth-order valence-electron chi connectivity index (χ4n) is 2.39. The molecule has 0 fully saturated rings. The Kier molecular flexibility index (Phi) is 6.30. The highest BCUT2D eigenvalue weighted by Gasteiger charge is 2.19. The molecule has 0 spiro atoms. The van der Waals surface area contributed by atoms with Crippen molar-refractivity contribution in [2.75, 3.05) is 6.61 Å². The molecule has 2 atom stereocenters. The number of aliphatic hydroxyl groups excluding tert-OH is 1. The molecular formula is C18H23N3O4. The van der Waals surface area contributed by atoms with Crippen LogP contribution in [-0.2, 0) is 18.3 Å². The van der Waals surface area contributed by atoms with Gasteiger partial charge in [0.2, 0.25) is 0 Å². The first kappa shape index (κ1) is 18.7. The van der Waals surface area contributed by atoms with Gasteiger partial charge in [-0.3, -0.25) is 14.3 Å². The van der Waals surface area contributed by atoms with Crippen LogP contribution in [0, 0.1) is 0 Å². The van der Waals surface area contributed by atoms with Gasteiger partial charge in [0, 0.05) is 18.8 Å². The standard InChI is InChI=1S/C18H23N3O4/c1-12(23)15-5-4-6-17(8-15)25-13(2)18(24)20-16(11-22)7-14-9-19-21(3)10-14/h4-6,8-10,13,16,22H,7,11H2,1-3H3,(H,20,24). The number of hydrogen-bond acceptors (Lipinski definition) is 5. The van der Waals surface area contributed by atoms with Crippen LogP contribution in [0.15, 0.2) is 36.7 Å². The van der Waals surface area contributed by atoms with Crippen molar-refractivity contribution in [2.24, 2.45) is 7.05 Å². The summed E-state index contributed by atoms with van der Waals surface area (Å²) in [7, 11) is 1.81. The molecule has 25 heavy (non-hydrogen) atoms. The van der Waals surface area contributed by atoms with E-state index in [9.17, 15) is 14.7 Å². The Balaban J connectivity index is 1.94. The van der Waals surface area contributed by atoms with Crippen LogP contribution < -0.4 is 10.1 Å². The quantitative estimate of drug-likeness (QED) is 0.699. The lowest BCUT2D eigenvalue weighted by atomic mass is 10.1. The lowest BCUT2D eigenvalue weighted by Gasteiger charge is -2.20. The number of carbonyl (C=O) groups excluding carboxylic acids is 2. The van der Waals surface area contributed by atoms with Crippen molar-refractivity contribution < 1.29 is 19.4 Å². The van der Waals surface area contributed by atoms with Crippen LogP contribution in [0.25, 0.3) is 0 Å². The Bertz CT molecular complexity index is 741. The molecule has 2 rings (SSSR count). The van der Waals surface area contributed by atoms with E-state index >= 15 is 0 Å². The first-order valence-corrected chi connectivity index (χ1v) is 8.05. The van der Waals surface area contributed by atoms with Crippen LogP contribution in [0.3, 0.4) is 0 Å². The molecule has 1 amide bonds. The molecule has 2 unspecified atom stereocenters. The number of hydrogen-bond donors (Lipinski definition) is 2. The van der Waals surface area contributed by atoms with E-state index in [0.29, 0.717) is 17.7 Å². The zero-order valence-electron chi connectivity index (χ0n) is 14.6. The number of benzene rings is 1. The Morgan fingerprint density at radius 2 is 2.16 bits per heavy atom. The number of nitrogens with one attached hydrogen (secondary N) is 1. The second-order valence-electron chi connectivity index (χ2n) is 5.96. The number of ether oxygens (including phenoxy) is 1. The molecule has 0 aliphatic carbocycles. The molecule has 0 radical (unpaired) electrons. The van der Waals surface area contributed by atoms with E-state index < -0.39 is 12.1 Å². The molecule has 7 heteroatoms. The van der Waals surface area contributed by atoms with Crippen LogP contribution in [0.5, 0.6) is 5.75 Å². The van der Waals surface area contributed by atoms with Crippen LogP contribution in [0.2, 0.25) is 0 Å². The number of nitrogens with zero attached hydrogens (tertiary/aromatic N) is 2. The van der Waals surface area contributed by atoms with E-state index in [1.165, 1.54) is 6.92 Å². The van der Waals surface area contributed by atoms with E-state index in [1.807, 2.05) is 6.20 Å². The highest BCUT2D eigenvalue weighted by molar-refractivity contribution is 5.94. The molecule has 1 aromatic carbocycles. The van der Waals surface area contributed by atoms with Crippen molar-refractivity contribution in [3.05, 3.63) is 47.8 Å². The molecule has 0 bridgehead atoms. The Labute approximate surface area is 146 Å².